The summed E-state index contributed by atoms with van der Waals surface area (Å²) in [5, 5.41) is 12.1. The van der Waals surface area contributed by atoms with Crippen LogP contribution in [0.25, 0.3) is 98.4 Å². The van der Waals surface area contributed by atoms with E-state index in [0.717, 1.165) is 55.5 Å². The largest absolute Gasteiger partial charge is 0.455 e. The summed E-state index contributed by atoms with van der Waals surface area (Å²) in [6, 6.07) is 81.4. The molecule has 60 heavy (non-hydrogen) atoms. The van der Waals surface area contributed by atoms with Gasteiger partial charge in [-0.15, -0.1) is 0 Å². The maximum absolute atomic E-state index is 6.55. The number of benzene rings is 11. The van der Waals surface area contributed by atoms with Gasteiger partial charge in [0, 0.05) is 33.1 Å². The highest BCUT2D eigenvalue weighted by Gasteiger charge is 2.20. The predicted molar refractivity (Wildman–Crippen MR) is 255 cm³/mol. The monoisotopic (exact) mass is 763 g/mol. The first-order valence-electron chi connectivity index (χ1n) is 20.6. The third-order valence-electron chi connectivity index (χ3n) is 12.2. The summed E-state index contributed by atoms with van der Waals surface area (Å²) >= 11 is 0. The summed E-state index contributed by atoms with van der Waals surface area (Å²) in [4.78, 5) is 2.41. The molecule has 1 aromatic heterocycles. The molecule has 0 bridgehead atoms. The standard InChI is InChI=1S/C58H37NO/c1-4-19-46-38(13-1)16-12-25-47(46)41-17-11-18-45(35-41)59(44-31-27-40(28-32-44)54-36-42-15-3-5-20-48(42)51-23-7-8-24-52(51)54)56-26-10-9-21-49(56)43-30-34-57-55(37-43)53-33-29-39-14-2-6-22-50(39)58(53)60-57/h1-37H. The predicted octanol–water partition coefficient (Wildman–Crippen LogP) is 16.7. The molecule has 0 spiro atoms. The summed E-state index contributed by atoms with van der Waals surface area (Å²) in [5.41, 5.74) is 12.1. The molecule has 0 radical (unpaired) electrons. The van der Waals surface area contributed by atoms with Gasteiger partial charge in [0.1, 0.15) is 11.2 Å². The van der Waals surface area contributed by atoms with Crippen LogP contribution in [0.4, 0.5) is 17.1 Å². The van der Waals surface area contributed by atoms with E-state index in [1.54, 1.807) is 0 Å². The van der Waals surface area contributed by atoms with Crippen molar-refractivity contribution in [3.8, 4) is 33.4 Å². The van der Waals surface area contributed by atoms with Crippen LogP contribution in [0.15, 0.2) is 229 Å². The summed E-state index contributed by atoms with van der Waals surface area (Å²) in [7, 11) is 0. The van der Waals surface area contributed by atoms with Gasteiger partial charge in [0.25, 0.3) is 0 Å². The molecule has 0 atom stereocenters. The fourth-order valence-corrected chi connectivity index (χ4v) is 9.38. The van der Waals surface area contributed by atoms with Crippen molar-refractivity contribution in [3.63, 3.8) is 0 Å². The Bertz CT molecular complexity index is 3610. The quantitative estimate of drug-likeness (QED) is 0.157. The number of para-hydroxylation sites is 1. The highest BCUT2D eigenvalue weighted by Crippen LogP contribution is 2.45. The maximum Gasteiger partial charge on any atom is 0.143 e. The fraction of sp³-hybridized carbons (Fsp3) is 0. The molecule has 0 N–H and O–H groups in total. The SMILES string of the molecule is c1cc(-c2cccc3ccccc23)cc(N(c2ccc(-c3cc4ccccc4c4ccccc34)cc2)c2ccccc2-c2ccc3oc4c5ccccc5ccc4c3c2)c1. The average Bonchev–Trinajstić information content (AvgIpc) is 3.70. The van der Waals surface area contributed by atoms with Crippen molar-refractivity contribution in [3.05, 3.63) is 224 Å². The van der Waals surface area contributed by atoms with Gasteiger partial charge in [-0.2, -0.15) is 0 Å². The van der Waals surface area contributed by atoms with E-state index in [4.69, 9.17) is 4.42 Å². The van der Waals surface area contributed by atoms with Gasteiger partial charge in [-0.25, -0.2) is 0 Å². The van der Waals surface area contributed by atoms with Gasteiger partial charge in [-0.1, -0.05) is 170 Å². The number of rotatable bonds is 6. The molecule has 0 aliphatic rings. The first-order valence-corrected chi connectivity index (χ1v) is 20.6. The number of nitrogens with zero attached hydrogens (tertiary/aromatic N) is 1. The van der Waals surface area contributed by atoms with Gasteiger partial charge in [-0.05, 0) is 120 Å². The lowest BCUT2D eigenvalue weighted by molar-refractivity contribution is 0.672. The minimum absolute atomic E-state index is 0.888. The van der Waals surface area contributed by atoms with Crippen LogP contribution in [-0.4, -0.2) is 0 Å². The molecule has 2 nitrogen and oxygen atoms in total. The smallest absolute Gasteiger partial charge is 0.143 e. The van der Waals surface area contributed by atoms with Crippen molar-refractivity contribution in [2.24, 2.45) is 0 Å². The van der Waals surface area contributed by atoms with Crippen LogP contribution < -0.4 is 4.90 Å². The average molecular weight is 764 g/mol. The Balaban J connectivity index is 1.04. The molecule has 12 rings (SSSR count). The second kappa shape index (κ2) is 13.9. The number of hydrogen-bond acceptors (Lipinski definition) is 2. The van der Waals surface area contributed by atoms with E-state index in [1.807, 2.05) is 0 Å². The molecule has 0 amide bonds. The lowest BCUT2D eigenvalue weighted by Crippen LogP contribution is -2.11. The first-order chi connectivity index (χ1) is 29.7. The molecule has 2 heteroatoms. The highest BCUT2D eigenvalue weighted by atomic mass is 16.3. The van der Waals surface area contributed by atoms with Crippen LogP contribution in [0.1, 0.15) is 0 Å². The number of anilines is 3. The van der Waals surface area contributed by atoms with E-state index < -0.39 is 0 Å². The molecular weight excluding hydrogens is 727 g/mol. The Hall–Kier alpha value is -7.94. The van der Waals surface area contributed by atoms with E-state index in [2.05, 4.69) is 229 Å². The lowest BCUT2D eigenvalue weighted by atomic mass is 9.93. The second-order valence-electron chi connectivity index (χ2n) is 15.6. The molecule has 280 valence electrons. The molecule has 11 aromatic carbocycles. The Labute approximate surface area is 347 Å². The van der Waals surface area contributed by atoms with Crippen molar-refractivity contribution in [2.75, 3.05) is 4.90 Å². The Morgan fingerprint density at radius 3 is 1.75 bits per heavy atom. The topological polar surface area (TPSA) is 16.4 Å². The van der Waals surface area contributed by atoms with Crippen LogP contribution in [0.2, 0.25) is 0 Å². The van der Waals surface area contributed by atoms with Gasteiger partial charge < -0.3 is 9.32 Å². The van der Waals surface area contributed by atoms with Crippen LogP contribution >= 0.6 is 0 Å². The molecule has 0 unspecified atom stereocenters. The van der Waals surface area contributed by atoms with Crippen molar-refractivity contribution < 1.29 is 4.42 Å². The Kier molecular flexibility index (Phi) is 7.89. The van der Waals surface area contributed by atoms with E-state index in [-0.39, 0.29) is 0 Å². The normalized spacial score (nSPS) is 11.7. The third kappa shape index (κ3) is 5.57. The highest BCUT2D eigenvalue weighted by molar-refractivity contribution is 6.16. The van der Waals surface area contributed by atoms with Crippen molar-refractivity contribution in [2.45, 2.75) is 0 Å². The van der Waals surface area contributed by atoms with Gasteiger partial charge in [-0.3, -0.25) is 0 Å². The summed E-state index contributed by atoms with van der Waals surface area (Å²) < 4.78 is 6.55. The van der Waals surface area contributed by atoms with E-state index >= 15 is 0 Å². The molecule has 1 heterocycles. The lowest BCUT2D eigenvalue weighted by Gasteiger charge is -2.28. The van der Waals surface area contributed by atoms with Gasteiger partial charge in [0.15, 0.2) is 0 Å². The number of hydrogen-bond donors (Lipinski definition) is 0. The second-order valence-corrected chi connectivity index (χ2v) is 15.6. The Morgan fingerprint density at radius 1 is 0.283 bits per heavy atom. The zero-order valence-electron chi connectivity index (χ0n) is 32.7. The van der Waals surface area contributed by atoms with E-state index in [9.17, 15) is 0 Å². The minimum Gasteiger partial charge on any atom is -0.455 e. The van der Waals surface area contributed by atoms with Crippen LogP contribution in [0, 0.1) is 0 Å². The van der Waals surface area contributed by atoms with E-state index in [0.29, 0.717) is 0 Å². The molecule has 12 aromatic rings. The minimum atomic E-state index is 0.888. The Morgan fingerprint density at radius 2 is 0.900 bits per heavy atom. The molecular formula is C58H37NO. The maximum atomic E-state index is 6.55. The van der Waals surface area contributed by atoms with Crippen LogP contribution in [-0.2, 0) is 0 Å². The zero-order chi connectivity index (χ0) is 39.6. The molecule has 0 fully saturated rings. The number of furan rings is 1. The van der Waals surface area contributed by atoms with Crippen molar-refractivity contribution in [1.29, 1.82) is 0 Å². The van der Waals surface area contributed by atoms with E-state index in [1.165, 1.54) is 60.0 Å². The molecule has 0 aliphatic heterocycles. The van der Waals surface area contributed by atoms with Crippen LogP contribution in [0.3, 0.4) is 0 Å². The summed E-state index contributed by atoms with van der Waals surface area (Å²) in [5.74, 6) is 0. The fourth-order valence-electron chi connectivity index (χ4n) is 9.38. The van der Waals surface area contributed by atoms with Gasteiger partial charge >= 0.3 is 0 Å². The van der Waals surface area contributed by atoms with Crippen LogP contribution in [0.5, 0.6) is 0 Å². The molecule has 0 saturated heterocycles. The molecule has 0 saturated carbocycles. The summed E-state index contributed by atoms with van der Waals surface area (Å²) in [6.07, 6.45) is 0. The summed E-state index contributed by atoms with van der Waals surface area (Å²) in [6.45, 7) is 0. The first kappa shape index (κ1) is 34.1. The van der Waals surface area contributed by atoms with Gasteiger partial charge in [0.2, 0.25) is 0 Å². The third-order valence-corrected chi connectivity index (χ3v) is 12.2. The number of fused-ring (bicyclic) bond motifs is 9. The van der Waals surface area contributed by atoms with Gasteiger partial charge in [0.05, 0.1) is 5.69 Å². The molecule has 0 aliphatic carbocycles. The zero-order valence-corrected chi connectivity index (χ0v) is 32.7. The van der Waals surface area contributed by atoms with Crippen molar-refractivity contribution >= 4 is 82.1 Å². The van der Waals surface area contributed by atoms with Crippen molar-refractivity contribution in [1.82, 2.24) is 0 Å².